The van der Waals surface area contributed by atoms with Gasteiger partial charge in [0.25, 0.3) is 0 Å². The molecule has 0 aliphatic carbocycles. The molecule has 2 aliphatic rings. The zero-order valence-electron chi connectivity index (χ0n) is 13.3. The highest BCUT2D eigenvalue weighted by Crippen LogP contribution is 2.40. The molecule has 2 fully saturated rings. The van der Waals surface area contributed by atoms with Gasteiger partial charge in [-0.15, -0.1) is 0 Å². The number of amides is 2. The molecule has 2 amide bonds. The highest BCUT2D eigenvalue weighted by Gasteiger charge is 2.54. The maximum absolute atomic E-state index is 11.8. The van der Waals surface area contributed by atoms with Crippen LogP contribution in [0, 0.1) is 5.92 Å². The number of likely N-dealkylation sites (tertiary alicyclic amines) is 1. The Morgan fingerprint density at radius 2 is 2.10 bits per heavy atom. The van der Waals surface area contributed by atoms with Crippen LogP contribution in [0.5, 0.6) is 0 Å². The van der Waals surface area contributed by atoms with E-state index < -0.39 is 0 Å². The molecule has 6 nitrogen and oxygen atoms in total. The standard InChI is InChI=1S/C15H26N2O4/c1-4-5-13(18)17-10-15(11-17)12(6-7-21-15)8-20-9-14(19)16(2)3/h12H,4-11H2,1-3H3. The first-order valence-corrected chi connectivity index (χ1v) is 7.68. The van der Waals surface area contributed by atoms with Crippen molar-refractivity contribution in [2.24, 2.45) is 5.92 Å². The molecular formula is C15H26N2O4. The lowest BCUT2D eigenvalue weighted by Gasteiger charge is -2.50. The summed E-state index contributed by atoms with van der Waals surface area (Å²) in [6.45, 7) is 4.69. The molecule has 0 aromatic rings. The smallest absolute Gasteiger partial charge is 0.248 e. The van der Waals surface area contributed by atoms with Crippen molar-refractivity contribution in [1.29, 1.82) is 0 Å². The lowest BCUT2D eigenvalue weighted by molar-refractivity contribution is -0.169. The molecule has 0 bridgehead atoms. The molecule has 21 heavy (non-hydrogen) atoms. The summed E-state index contributed by atoms with van der Waals surface area (Å²) in [6, 6.07) is 0. The fourth-order valence-corrected chi connectivity index (χ4v) is 2.94. The molecule has 2 rings (SSSR count). The summed E-state index contributed by atoms with van der Waals surface area (Å²) in [4.78, 5) is 26.7. The van der Waals surface area contributed by atoms with Gasteiger partial charge in [0, 0.05) is 33.0 Å². The van der Waals surface area contributed by atoms with Gasteiger partial charge in [0.2, 0.25) is 11.8 Å². The summed E-state index contributed by atoms with van der Waals surface area (Å²) in [5, 5.41) is 0. The number of hydrogen-bond acceptors (Lipinski definition) is 4. The minimum absolute atomic E-state index is 0.0312. The van der Waals surface area contributed by atoms with Crippen LogP contribution >= 0.6 is 0 Å². The van der Waals surface area contributed by atoms with Crippen LogP contribution in [-0.4, -0.2) is 74.2 Å². The Morgan fingerprint density at radius 1 is 1.38 bits per heavy atom. The minimum atomic E-state index is -0.232. The first kappa shape index (κ1) is 16.2. The fraction of sp³-hybridized carbons (Fsp3) is 0.867. The second kappa shape index (κ2) is 6.75. The Balaban J connectivity index is 1.77. The van der Waals surface area contributed by atoms with Crippen LogP contribution in [-0.2, 0) is 19.1 Å². The van der Waals surface area contributed by atoms with Crippen LogP contribution in [0.2, 0.25) is 0 Å². The number of hydrogen-bond donors (Lipinski definition) is 0. The molecule has 2 heterocycles. The third kappa shape index (κ3) is 3.55. The van der Waals surface area contributed by atoms with Crippen molar-refractivity contribution in [2.45, 2.75) is 31.8 Å². The van der Waals surface area contributed by atoms with E-state index in [0.29, 0.717) is 32.7 Å². The highest BCUT2D eigenvalue weighted by atomic mass is 16.5. The van der Waals surface area contributed by atoms with Gasteiger partial charge < -0.3 is 19.3 Å². The quantitative estimate of drug-likeness (QED) is 0.717. The van der Waals surface area contributed by atoms with Gasteiger partial charge in [0.15, 0.2) is 0 Å². The molecule has 1 unspecified atom stereocenters. The predicted octanol–water partition coefficient (Wildman–Crippen LogP) is 0.509. The van der Waals surface area contributed by atoms with Crippen LogP contribution < -0.4 is 0 Å². The van der Waals surface area contributed by atoms with Crippen molar-refractivity contribution >= 4 is 11.8 Å². The van der Waals surface area contributed by atoms with Crippen molar-refractivity contribution in [3.63, 3.8) is 0 Å². The lowest BCUT2D eigenvalue weighted by atomic mass is 9.81. The summed E-state index contributed by atoms with van der Waals surface area (Å²) in [7, 11) is 3.43. The minimum Gasteiger partial charge on any atom is -0.371 e. The van der Waals surface area contributed by atoms with Crippen molar-refractivity contribution < 1.29 is 19.1 Å². The number of carbonyl (C=O) groups is 2. The Hall–Kier alpha value is -1.14. The van der Waals surface area contributed by atoms with E-state index in [4.69, 9.17) is 9.47 Å². The summed E-state index contributed by atoms with van der Waals surface area (Å²) >= 11 is 0. The molecule has 6 heteroatoms. The average Bonchev–Trinajstić information content (AvgIpc) is 2.80. The summed E-state index contributed by atoms with van der Waals surface area (Å²) in [6.07, 6.45) is 2.42. The van der Waals surface area contributed by atoms with Gasteiger partial charge in [-0.1, -0.05) is 6.92 Å². The second-order valence-corrected chi connectivity index (χ2v) is 6.20. The van der Waals surface area contributed by atoms with Gasteiger partial charge in [0.05, 0.1) is 19.7 Å². The number of nitrogens with zero attached hydrogens (tertiary/aromatic N) is 2. The Labute approximate surface area is 126 Å². The van der Waals surface area contributed by atoms with Crippen LogP contribution in [0.3, 0.4) is 0 Å². The van der Waals surface area contributed by atoms with Gasteiger partial charge >= 0.3 is 0 Å². The van der Waals surface area contributed by atoms with E-state index >= 15 is 0 Å². The number of rotatable bonds is 6. The molecule has 0 aromatic heterocycles. The van der Waals surface area contributed by atoms with Gasteiger partial charge in [-0.3, -0.25) is 9.59 Å². The third-order valence-electron chi connectivity index (χ3n) is 4.38. The number of ether oxygens (including phenoxy) is 2. The van der Waals surface area contributed by atoms with E-state index in [0.717, 1.165) is 12.8 Å². The highest BCUT2D eigenvalue weighted by molar-refractivity contribution is 5.77. The Morgan fingerprint density at radius 3 is 2.71 bits per heavy atom. The SMILES string of the molecule is CCCC(=O)N1CC2(C1)OCCC2COCC(=O)N(C)C. The van der Waals surface area contributed by atoms with E-state index in [-0.39, 0.29) is 29.9 Å². The van der Waals surface area contributed by atoms with Crippen LogP contribution in [0.15, 0.2) is 0 Å². The van der Waals surface area contributed by atoms with E-state index in [9.17, 15) is 9.59 Å². The Kier molecular flexibility index (Phi) is 5.22. The van der Waals surface area contributed by atoms with Crippen molar-refractivity contribution in [3.8, 4) is 0 Å². The average molecular weight is 298 g/mol. The summed E-state index contributed by atoms with van der Waals surface area (Å²) < 4.78 is 11.4. The molecular weight excluding hydrogens is 272 g/mol. The predicted molar refractivity (Wildman–Crippen MR) is 77.8 cm³/mol. The molecule has 2 aliphatic heterocycles. The van der Waals surface area contributed by atoms with Crippen molar-refractivity contribution in [3.05, 3.63) is 0 Å². The van der Waals surface area contributed by atoms with Gasteiger partial charge in [-0.05, 0) is 12.8 Å². The zero-order chi connectivity index (χ0) is 15.5. The van der Waals surface area contributed by atoms with E-state index in [1.165, 1.54) is 4.90 Å². The normalized spacial score (nSPS) is 23.2. The van der Waals surface area contributed by atoms with Crippen molar-refractivity contribution in [2.75, 3.05) is 47.0 Å². The topological polar surface area (TPSA) is 59.1 Å². The number of carbonyl (C=O) groups excluding carboxylic acids is 2. The zero-order valence-corrected chi connectivity index (χ0v) is 13.3. The van der Waals surface area contributed by atoms with Gasteiger partial charge in [0.1, 0.15) is 12.2 Å². The Bertz CT molecular complexity index is 391. The van der Waals surface area contributed by atoms with Crippen LogP contribution in [0.1, 0.15) is 26.2 Å². The molecule has 0 aromatic carbocycles. The first-order chi connectivity index (χ1) is 9.98. The maximum Gasteiger partial charge on any atom is 0.248 e. The first-order valence-electron chi connectivity index (χ1n) is 7.68. The molecule has 120 valence electrons. The fourth-order valence-electron chi connectivity index (χ4n) is 2.94. The van der Waals surface area contributed by atoms with Gasteiger partial charge in [-0.2, -0.15) is 0 Å². The maximum atomic E-state index is 11.8. The van der Waals surface area contributed by atoms with E-state index in [1.54, 1.807) is 14.1 Å². The largest absolute Gasteiger partial charge is 0.371 e. The molecule has 0 radical (unpaired) electrons. The monoisotopic (exact) mass is 298 g/mol. The van der Waals surface area contributed by atoms with Gasteiger partial charge in [-0.25, -0.2) is 0 Å². The molecule has 0 saturated carbocycles. The molecule has 1 atom stereocenters. The molecule has 1 spiro atoms. The second-order valence-electron chi connectivity index (χ2n) is 6.20. The lowest BCUT2D eigenvalue weighted by Crippen LogP contribution is -2.66. The molecule has 2 saturated heterocycles. The summed E-state index contributed by atoms with van der Waals surface area (Å²) in [5.41, 5.74) is -0.232. The molecule has 0 N–H and O–H groups in total. The third-order valence-corrected chi connectivity index (χ3v) is 4.38. The number of likely N-dealkylation sites (N-methyl/N-ethyl adjacent to an activating group) is 1. The van der Waals surface area contributed by atoms with Crippen molar-refractivity contribution in [1.82, 2.24) is 9.80 Å². The van der Waals surface area contributed by atoms with Crippen LogP contribution in [0.4, 0.5) is 0 Å². The van der Waals surface area contributed by atoms with Crippen LogP contribution in [0.25, 0.3) is 0 Å². The van der Waals surface area contributed by atoms with E-state index in [2.05, 4.69) is 0 Å². The van der Waals surface area contributed by atoms with E-state index in [1.807, 2.05) is 11.8 Å². The summed E-state index contributed by atoms with van der Waals surface area (Å²) in [5.74, 6) is 0.454.